The summed E-state index contributed by atoms with van der Waals surface area (Å²) in [5.41, 5.74) is 2.22. The normalized spacial score (nSPS) is 21.7. The number of likely N-dealkylation sites (tertiary alicyclic amines) is 1. The quantitative estimate of drug-likeness (QED) is 0.882. The Bertz CT molecular complexity index is 619. The van der Waals surface area contributed by atoms with Gasteiger partial charge in [0.15, 0.2) is 0 Å². The van der Waals surface area contributed by atoms with Gasteiger partial charge in [-0.25, -0.2) is 0 Å². The van der Waals surface area contributed by atoms with Crippen molar-refractivity contribution in [3.05, 3.63) is 23.8 Å². The maximum atomic E-state index is 12.6. The number of fused-ring (bicyclic) bond motifs is 1. The van der Waals surface area contributed by atoms with Crippen LogP contribution < -0.4 is 10.6 Å². The Morgan fingerprint density at radius 3 is 2.57 bits per heavy atom. The van der Waals surface area contributed by atoms with Crippen molar-refractivity contribution in [3.8, 4) is 0 Å². The minimum atomic E-state index is -0.229. The lowest BCUT2D eigenvalue weighted by Gasteiger charge is -2.32. The van der Waals surface area contributed by atoms with Crippen LogP contribution in [0.1, 0.15) is 44.0 Å². The molecule has 0 radical (unpaired) electrons. The molecule has 23 heavy (non-hydrogen) atoms. The highest BCUT2D eigenvalue weighted by Gasteiger charge is 2.29. The molecule has 0 bridgehead atoms. The molecule has 2 aliphatic rings. The van der Waals surface area contributed by atoms with Crippen molar-refractivity contribution >= 4 is 23.2 Å². The lowest BCUT2D eigenvalue weighted by Crippen LogP contribution is -2.42. The minimum Gasteiger partial charge on any atom is -0.372 e. The van der Waals surface area contributed by atoms with Gasteiger partial charge in [0.05, 0.1) is 11.4 Å². The van der Waals surface area contributed by atoms with Gasteiger partial charge < -0.3 is 15.5 Å². The first-order valence-electron chi connectivity index (χ1n) is 8.46. The van der Waals surface area contributed by atoms with Crippen molar-refractivity contribution in [3.63, 3.8) is 0 Å². The van der Waals surface area contributed by atoms with Gasteiger partial charge in [-0.05, 0) is 42.9 Å². The van der Waals surface area contributed by atoms with Gasteiger partial charge in [-0.3, -0.25) is 9.59 Å². The summed E-state index contributed by atoms with van der Waals surface area (Å²) in [7, 11) is 0. The highest BCUT2D eigenvalue weighted by atomic mass is 16.2. The zero-order chi connectivity index (χ0) is 16.6. The second kappa shape index (κ2) is 6.22. The monoisotopic (exact) mass is 315 g/mol. The second-order valence-corrected chi connectivity index (χ2v) is 7.09. The van der Waals surface area contributed by atoms with Crippen LogP contribution in [0.2, 0.25) is 0 Å². The molecule has 0 spiro atoms. The predicted molar refractivity (Wildman–Crippen MR) is 91.6 cm³/mol. The van der Waals surface area contributed by atoms with E-state index >= 15 is 0 Å². The topological polar surface area (TPSA) is 61.4 Å². The Morgan fingerprint density at radius 1 is 1.22 bits per heavy atom. The summed E-state index contributed by atoms with van der Waals surface area (Å²) in [6.45, 7) is 7.89. The van der Waals surface area contributed by atoms with Gasteiger partial charge in [0.1, 0.15) is 6.04 Å². The van der Waals surface area contributed by atoms with E-state index in [2.05, 4.69) is 17.6 Å². The largest absolute Gasteiger partial charge is 0.372 e. The number of rotatable bonds is 2. The van der Waals surface area contributed by atoms with Crippen molar-refractivity contribution in [2.75, 3.05) is 23.7 Å². The summed E-state index contributed by atoms with van der Waals surface area (Å²) in [6.07, 6.45) is 2.12. The van der Waals surface area contributed by atoms with Crippen LogP contribution in [0.5, 0.6) is 0 Å². The minimum absolute atomic E-state index is 0.0381. The third-order valence-corrected chi connectivity index (χ3v) is 4.86. The second-order valence-electron chi connectivity index (χ2n) is 7.09. The highest BCUT2D eigenvalue weighted by molar-refractivity contribution is 6.05. The Labute approximate surface area is 137 Å². The summed E-state index contributed by atoms with van der Waals surface area (Å²) in [5.74, 6) is 0.919. The van der Waals surface area contributed by atoms with Crippen molar-refractivity contribution in [2.45, 2.75) is 39.7 Å². The standard InChI is InChI=1S/C18H25N3O2/c1-11(2)16-17(22)20-15-10-13(4-5-14(15)19-16)18(23)21-8-6-12(3)7-9-21/h4-5,10-12,16,19H,6-9H2,1-3H3,(H,20,22)/t16-/m1/s1. The number of nitrogens with zero attached hydrogens (tertiary/aromatic N) is 1. The fraction of sp³-hybridized carbons (Fsp3) is 0.556. The molecule has 3 rings (SSSR count). The Kier molecular flexibility index (Phi) is 4.28. The number of carbonyl (C=O) groups excluding carboxylic acids is 2. The van der Waals surface area contributed by atoms with Crippen molar-refractivity contribution in [1.82, 2.24) is 4.90 Å². The molecule has 5 nitrogen and oxygen atoms in total. The lowest BCUT2D eigenvalue weighted by molar-refractivity contribution is -0.117. The number of anilines is 2. The van der Waals surface area contributed by atoms with Crippen LogP contribution in [0.25, 0.3) is 0 Å². The summed E-state index contributed by atoms with van der Waals surface area (Å²) in [5, 5.41) is 6.19. The highest BCUT2D eigenvalue weighted by Crippen LogP contribution is 2.30. The molecule has 2 amide bonds. The zero-order valence-electron chi connectivity index (χ0n) is 14.1. The van der Waals surface area contributed by atoms with Crippen LogP contribution >= 0.6 is 0 Å². The molecule has 1 fully saturated rings. The maximum Gasteiger partial charge on any atom is 0.253 e. The zero-order valence-corrected chi connectivity index (χ0v) is 14.1. The molecule has 1 saturated heterocycles. The van der Waals surface area contributed by atoms with Crippen LogP contribution in [0, 0.1) is 11.8 Å². The number of hydrogen-bond acceptors (Lipinski definition) is 3. The van der Waals surface area contributed by atoms with Gasteiger partial charge in [-0.15, -0.1) is 0 Å². The van der Waals surface area contributed by atoms with Gasteiger partial charge in [0.25, 0.3) is 5.91 Å². The first-order chi connectivity index (χ1) is 11.0. The van der Waals surface area contributed by atoms with Gasteiger partial charge in [0, 0.05) is 18.7 Å². The third kappa shape index (κ3) is 3.19. The molecule has 0 unspecified atom stereocenters. The maximum absolute atomic E-state index is 12.6. The van der Waals surface area contributed by atoms with E-state index < -0.39 is 0 Å². The van der Waals surface area contributed by atoms with E-state index in [0.29, 0.717) is 17.2 Å². The summed E-state index contributed by atoms with van der Waals surface area (Å²) < 4.78 is 0. The number of benzene rings is 1. The van der Waals surface area contributed by atoms with Crippen LogP contribution in [0.3, 0.4) is 0 Å². The Morgan fingerprint density at radius 2 is 1.91 bits per heavy atom. The third-order valence-electron chi connectivity index (χ3n) is 4.86. The fourth-order valence-electron chi connectivity index (χ4n) is 3.21. The number of nitrogens with one attached hydrogen (secondary N) is 2. The predicted octanol–water partition coefficient (Wildman–Crippen LogP) is 2.95. The molecule has 1 aromatic carbocycles. The van der Waals surface area contributed by atoms with Gasteiger partial charge in [0.2, 0.25) is 5.91 Å². The van der Waals surface area contributed by atoms with E-state index in [1.807, 2.05) is 30.9 Å². The van der Waals surface area contributed by atoms with E-state index in [4.69, 9.17) is 0 Å². The van der Waals surface area contributed by atoms with E-state index in [0.717, 1.165) is 31.6 Å². The van der Waals surface area contributed by atoms with Crippen molar-refractivity contribution in [1.29, 1.82) is 0 Å². The van der Waals surface area contributed by atoms with Crippen LogP contribution in [-0.2, 0) is 4.79 Å². The summed E-state index contributed by atoms with van der Waals surface area (Å²) in [4.78, 5) is 26.7. The van der Waals surface area contributed by atoms with E-state index in [-0.39, 0.29) is 23.8 Å². The SMILES string of the molecule is CC1CCN(C(=O)c2ccc3c(c2)NC(=O)[C@@H](C(C)C)N3)CC1. The average molecular weight is 315 g/mol. The molecular weight excluding hydrogens is 290 g/mol. The Hall–Kier alpha value is -2.04. The fourth-order valence-corrected chi connectivity index (χ4v) is 3.21. The van der Waals surface area contributed by atoms with Crippen LogP contribution in [0.4, 0.5) is 11.4 Å². The molecule has 1 atom stereocenters. The number of hydrogen-bond donors (Lipinski definition) is 2. The molecular formula is C18H25N3O2. The van der Waals surface area contributed by atoms with Gasteiger partial charge >= 0.3 is 0 Å². The first-order valence-corrected chi connectivity index (χ1v) is 8.46. The molecule has 2 N–H and O–H groups in total. The van der Waals surface area contributed by atoms with Crippen molar-refractivity contribution < 1.29 is 9.59 Å². The number of carbonyl (C=O) groups is 2. The number of piperidine rings is 1. The molecule has 1 aromatic rings. The summed E-state index contributed by atoms with van der Waals surface area (Å²) in [6, 6.07) is 5.30. The number of amides is 2. The lowest BCUT2D eigenvalue weighted by atomic mass is 9.97. The smallest absolute Gasteiger partial charge is 0.253 e. The average Bonchev–Trinajstić information content (AvgIpc) is 2.53. The molecule has 5 heteroatoms. The molecule has 124 valence electrons. The molecule has 2 heterocycles. The summed E-state index contributed by atoms with van der Waals surface area (Å²) >= 11 is 0. The van der Waals surface area contributed by atoms with Gasteiger partial charge in [-0.2, -0.15) is 0 Å². The Balaban J connectivity index is 1.78. The molecule has 0 aliphatic carbocycles. The van der Waals surface area contributed by atoms with Crippen molar-refractivity contribution in [2.24, 2.45) is 11.8 Å². The van der Waals surface area contributed by atoms with E-state index in [1.165, 1.54) is 0 Å². The van der Waals surface area contributed by atoms with E-state index in [9.17, 15) is 9.59 Å². The van der Waals surface area contributed by atoms with Crippen LogP contribution in [0.15, 0.2) is 18.2 Å². The van der Waals surface area contributed by atoms with Gasteiger partial charge in [-0.1, -0.05) is 20.8 Å². The van der Waals surface area contributed by atoms with Crippen LogP contribution in [-0.4, -0.2) is 35.8 Å². The van der Waals surface area contributed by atoms with E-state index in [1.54, 1.807) is 6.07 Å². The molecule has 0 saturated carbocycles. The molecule has 2 aliphatic heterocycles. The molecule has 0 aromatic heterocycles. The first kappa shape index (κ1) is 15.8.